The first-order chi connectivity index (χ1) is 11.3. The van der Waals surface area contributed by atoms with Gasteiger partial charge >= 0.3 is 0 Å². The Kier molecular flexibility index (Phi) is 5.58. The van der Waals surface area contributed by atoms with E-state index in [4.69, 9.17) is 0 Å². The predicted molar refractivity (Wildman–Crippen MR) is 93.7 cm³/mol. The number of nitrogens with zero attached hydrogens (tertiary/aromatic N) is 2. The van der Waals surface area contributed by atoms with Crippen molar-refractivity contribution in [3.05, 3.63) is 52.0 Å². The Balaban J connectivity index is 2.13. The van der Waals surface area contributed by atoms with Gasteiger partial charge in [0.1, 0.15) is 16.9 Å². The molecule has 0 spiro atoms. The first-order valence-electron chi connectivity index (χ1n) is 7.40. The number of carbonyl (C=O) groups excluding carboxylic acids is 1. The molecule has 1 aromatic carbocycles. The molecule has 24 heavy (non-hydrogen) atoms. The Hall–Kier alpha value is -2.39. The number of pyridine rings is 1. The highest BCUT2D eigenvalue weighted by molar-refractivity contribution is 8.00. The standard InChI is InChI=1S/C18H18FN3OS/c1-10-5-6-15(19)16(7-10)22-17(23)9-24-18-14(8-20)12(3)11(2)13(4)21-18/h5-7H,9H2,1-4H3,(H,22,23). The molecular weight excluding hydrogens is 325 g/mol. The predicted octanol–water partition coefficient (Wildman–Crippen LogP) is 4.06. The fourth-order valence-corrected chi connectivity index (χ4v) is 3.09. The van der Waals surface area contributed by atoms with E-state index in [2.05, 4.69) is 16.4 Å². The Morgan fingerprint density at radius 3 is 2.67 bits per heavy atom. The molecule has 2 aromatic rings. The smallest absolute Gasteiger partial charge is 0.234 e. The van der Waals surface area contributed by atoms with Crippen molar-refractivity contribution in [3.63, 3.8) is 0 Å². The summed E-state index contributed by atoms with van der Waals surface area (Å²) in [4.78, 5) is 16.5. The van der Waals surface area contributed by atoms with Crippen molar-refractivity contribution >= 4 is 23.4 Å². The Labute approximate surface area is 145 Å². The van der Waals surface area contributed by atoms with E-state index >= 15 is 0 Å². The SMILES string of the molecule is Cc1ccc(F)c(NC(=O)CSc2nc(C)c(C)c(C)c2C#N)c1. The molecule has 0 aliphatic carbocycles. The lowest BCUT2D eigenvalue weighted by Gasteiger charge is -2.11. The minimum Gasteiger partial charge on any atom is -0.323 e. The second-order valence-electron chi connectivity index (χ2n) is 5.56. The molecule has 0 radical (unpaired) electrons. The van der Waals surface area contributed by atoms with Crippen molar-refractivity contribution in [2.45, 2.75) is 32.7 Å². The number of amides is 1. The number of hydrogen-bond donors (Lipinski definition) is 1. The molecule has 2 rings (SSSR count). The normalized spacial score (nSPS) is 10.3. The first-order valence-corrected chi connectivity index (χ1v) is 8.38. The molecule has 0 atom stereocenters. The fourth-order valence-electron chi connectivity index (χ4n) is 2.20. The summed E-state index contributed by atoms with van der Waals surface area (Å²) in [7, 11) is 0. The zero-order chi connectivity index (χ0) is 17.9. The van der Waals surface area contributed by atoms with Gasteiger partial charge in [-0.2, -0.15) is 5.26 Å². The maximum atomic E-state index is 13.7. The summed E-state index contributed by atoms with van der Waals surface area (Å²) >= 11 is 1.18. The van der Waals surface area contributed by atoms with E-state index in [1.54, 1.807) is 12.1 Å². The number of rotatable bonds is 4. The van der Waals surface area contributed by atoms with Crippen LogP contribution in [0.25, 0.3) is 0 Å². The summed E-state index contributed by atoms with van der Waals surface area (Å²) in [6, 6.07) is 6.69. The van der Waals surface area contributed by atoms with Gasteiger partial charge in [0.25, 0.3) is 0 Å². The van der Waals surface area contributed by atoms with E-state index in [0.29, 0.717) is 10.6 Å². The number of hydrogen-bond acceptors (Lipinski definition) is 4. The number of aryl methyl sites for hydroxylation is 2. The van der Waals surface area contributed by atoms with Gasteiger partial charge in [0.2, 0.25) is 5.91 Å². The van der Waals surface area contributed by atoms with Crippen LogP contribution in [-0.2, 0) is 4.79 Å². The van der Waals surface area contributed by atoms with Crippen LogP contribution in [0.1, 0.15) is 27.9 Å². The van der Waals surface area contributed by atoms with E-state index in [-0.39, 0.29) is 17.3 Å². The van der Waals surface area contributed by atoms with Crippen LogP contribution < -0.4 is 5.32 Å². The third kappa shape index (κ3) is 3.92. The van der Waals surface area contributed by atoms with Gasteiger partial charge in [0, 0.05) is 5.69 Å². The van der Waals surface area contributed by atoms with Crippen molar-refractivity contribution in [1.29, 1.82) is 5.26 Å². The highest BCUT2D eigenvalue weighted by Gasteiger charge is 2.15. The number of nitrogens with one attached hydrogen (secondary N) is 1. The molecule has 0 saturated heterocycles. The van der Waals surface area contributed by atoms with Gasteiger partial charge in [-0.25, -0.2) is 9.37 Å². The van der Waals surface area contributed by atoms with Gasteiger partial charge in [-0.3, -0.25) is 4.79 Å². The van der Waals surface area contributed by atoms with Crippen LogP contribution in [0, 0.1) is 44.8 Å². The van der Waals surface area contributed by atoms with E-state index in [1.807, 2.05) is 27.7 Å². The number of aromatic nitrogens is 1. The van der Waals surface area contributed by atoms with Gasteiger partial charge in [0.05, 0.1) is 17.0 Å². The molecule has 0 bridgehead atoms. The number of benzene rings is 1. The van der Waals surface area contributed by atoms with Crippen LogP contribution in [0.15, 0.2) is 23.2 Å². The monoisotopic (exact) mass is 343 g/mol. The minimum atomic E-state index is -0.475. The average Bonchev–Trinajstić information content (AvgIpc) is 2.54. The van der Waals surface area contributed by atoms with Gasteiger partial charge in [-0.1, -0.05) is 17.8 Å². The molecular formula is C18H18FN3OS. The first kappa shape index (κ1) is 18.0. The van der Waals surface area contributed by atoms with Crippen LogP contribution in [0.3, 0.4) is 0 Å². The molecule has 1 aromatic heterocycles. The third-order valence-electron chi connectivity index (χ3n) is 3.81. The summed E-state index contributed by atoms with van der Waals surface area (Å²) in [5, 5.41) is 12.4. The molecule has 0 fully saturated rings. The van der Waals surface area contributed by atoms with E-state index in [1.165, 1.54) is 17.8 Å². The molecule has 0 aliphatic heterocycles. The summed E-state index contributed by atoms with van der Waals surface area (Å²) in [5.41, 5.74) is 4.18. The summed E-state index contributed by atoms with van der Waals surface area (Å²) in [5.74, 6) is -0.764. The van der Waals surface area contributed by atoms with E-state index < -0.39 is 5.82 Å². The highest BCUT2D eigenvalue weighted by atomic mass is 32.2. The summed E-state index contributed by atoms with van der Waals surface area (Å²) in [6.07, 6.45) is 0. The lowest BCUT2D eigenvalue weighted by molar-refractivity contribution is -0.113. The van der Waals surface area contributed by atoms with Gasteiger partial charge in [-0.15, -0.1) is 0 Å². The van der Waals surface area contributed by atoms with Crippen molar-refractivity contribution < 1.29 is 9.18 Å². The lowest BCUT2D eigenvalue weighted by atomic mass is 10.1. The van der Waals surface area contributed by atoms with E-state index in [0.717, 1.165) is 22.4 Å². The van der Waals surface area contributed by atoms with Crippen LogP contribution in [-0.4, -0.2) is 16.6 Å². The molecule has 0 unspecified atom stereocenters. The molecule has 1 N–H and O–H groups in total. The molecule has 6 heteroatoms. The second-order valence-corrected chi connectivity index (χ2v) is 6.52. The Morgan fingerprint density at radius 2 is 2.00 bits per heavy atom. The average molecular weight is 343 g/mol. The molecule has 0 aliphatic rings. The van der Waals surface area contributed by atoms with Crippen LogP contribution in [0.4, 0.5) is 10.1 Å². The number of halogens is 1. The van der Waals surface area contributed by atoms with Crippen molar-refractivity contribution in [2.24, 2.45) is 0 Å². The number of nitriles is 1. The Bertz CT molecular complexity index is 843. The lowest BCUT2D eigenvalue weighted by Crippen LogP contribution is -2.15. The zero-order valence-electron chi connectivity index (χ0n) is 14.0. The van der Waals surface area contributed by atoms with Gasteiger partial charge in [-0.05, 0) is 56.5 Å². The van der Waals surface area contributed by atoms with E-state index in [9.17, 15) is 14.4 Å². The fraction of sp³-hybridized carbons (Fsp3) is 0.278. The number of anilines is 1. The maximum absolute atomic E-state index is 13.7. The topological polar surface area (TPSA) is 65.8 Å². The summed E-state index contributed by atoms with van der Waals surface area (Å²) < 4.78 is 13.7. The number of thioether (sulfide) groups is 1. The molecule has 0 saturated carbocycles. The largest absolute Gasteiger partial charge is 0.323 e. The van der Waals surface area contributed by atoms with Crippen LogP contribution in [0.5, 0.6) is 0 Å². The third-order valence-corrected chi connectivity index (χ3v) is 4.79. The van der Waals surface area contributed by atoms with Crippen LogP contribution >= 0.6 is 11.8 Å². The van der Waals surface area contributed by atoms with Crippen molar-refractivity contribution in [2.75, 3.05) is 11.1 Å². The maximum Gasteiger partial charge on any atom is 0.234 e. The molecule has 1 amide bonds. The van der Waals surface area contributed by atoms with Crippen molar-refractivity contribution in [3.8, 4) is 6.07 Å². The minimum absolute atomic E-state index is 0.0526. The van der Waals surface area contributed by atoms with Gasteiger partial charge in [0.15, 0.2) is 0 Å². The Morgan fingerprint density at radius 1 is 1.29 bits per heavy atom. The molecule has 124 valence electrons. The molecule has 4 nitrogen and oxygen atoms in total. The zero-order valence-corrected chi connectivity index (χ0v) is 14.8. The van der Waals surface area contributed by atoms with Crippen molar-refractivity contribution in [1.82, 2.24) is 4.98 Å². The quantitative estimate of drug-likeness (QED) is 0.850. The highest BCUT2D eigenvalue weighted by Crippen LogP contribution is 2.26. The second kappa shape index (κ2) is 7.45. The van der Waals surface area contributed by atoms with Crippen LogP contribution in [0.2, 0.25) is 0 Å². The number of carbonyl (C=O) groups is 1. The summed E-state index contributed by atoms with van der Waals surface area (Å²) in [6.45, 7) is 7.48. The van der Waals surface area contributed by atoms with Gasteiger partial charge < -0.3 is 5.32 Å². The molecule has 1 heterocycles.